The van der Waals surface area contributed by atoms with Crippen molar-refractivity contribution in [3.05, 3.63) is 36.2 Å². The van der Waals surface area contributed by atoms with Gasteiger partial charge in [-0.05, 0) is 0 Å². The molecule has 0 radical (unpaired) electrons. The molecule has 1 N–H and O–H groups in total. The molecule has 0 bridgehead atoms. The fraction of sp³-hybridized carbons (Fsp3) is 0.250. The minimum Gasteiger partial charge on any atom is -0.479 e. The largest absolute Gasteiger partial charge is 0.479 e. The lowest BCUT2D eigenvalue weighted by Gasteiger charge is -1.94. The van der Waals surface area contributed by atoms with E-state index < -0.39 is 0 Å². The van der Waals surface area contributed by atoms with Crippen LogP contribution in [0.4, 0.5) is 0 Å². The molecule has 0 fully saturated rings. The zero-order chi connectivity index (χ0) is 10.8. The summed E-state index contributed by atoms with van der Waals surface area (Å²) in [7, 11) is 0. The molecule has 1 heterocycles. The first-order chi connectivity index (χ1) is 7.18. The van der Waals surface area contributed by atoms with E-state index in [9.17, 15) is 5.11 Å². The second-order valence-electron chi connectivity index (χ2n) is 3.73. The van der Waals surface area contributed by atoms with Gasteiger partial charge in [0.1, 0.15) is 0 Å². The average Bonchev–Trinajstić information content (AvgIpc) is 2.62. The number of hydrogen-bond acceptors (Lipinski definition) is 3. The van der Waals surface area contributed by atoms with Crippen LogP contribution in [0.2, 0.25) is 0 Å². The lowest BCUT2D eigenvalue weighted by Crippen LogP contribution is -1.86. The number of aromatic nitrogens is 1. The summed E-state index contributed by atoms with van der Waals surface area (Å²) in [4.78, 5) is 4.26. The molecule has 1 aromatic carbocycles. The molecule has 3 heteroatoms. The van der Waals surface area contributed by atoms with Crippen molar-refractivity contribution >= 4 is 0 Å². The van der Waals surface area contributed by atoms with Gasteiger partial charge in [-0.1, -0.05) is 44.2 Å². The highest BCUT2D eigenvalue weighted by Gasteiger charge is 2.15. The molecule has 0 saturated carbocycles. The average molecular weight is 203 g/mol. The first-order valence-electron chi connectivity index (χ1n) is 4.93. The molecular weight excluding hydrogens is 190 g/mol. The Balaban J connectivity index is 2.45. The standard InChI is InChI=1S/C12H13NO2/c1-8(2)11-13-10(12(14)15-11)9-6-4-3-5-7-9/h3-8,14H,1-2H3. The van der Waals surface area contributed by atoms with Gasteiger partial charge in [-0.15, -0.1) is 0 Å². The van der Waals surface area contributed by atoms with Crippen LogP contribution in [0, 0.1) is 0 Å². The minimum absolute atomic E-state index is 0.107. The Labute approximate surface area is 88.4 Å². The van der Waals surface area contributed by atoms with Crippen LogP contribution >= 0.6 is 0 Å². The highest BCUT2D eigenvalue weighted by Crippen LogP contribution is 2.31. The van der Waals surface area contributed by atoms with Gasteiger partial charge in [-0.3, -0.25) is 0 Å². The summed E-state index contributed by atoms with van der Waals surface area (Å²) in [5.74, 6) is 0.629. The Hall–Kier alpha value is -1.77. The quantitative estimate of drug-likeness (QED) is 0.815. The van der Waals surface area contributed by atoms with Gasteiger partial charge in [-0.25, -0.2) is 4.98 Å². The van der Waals surface area contributed by atoms with Crippen LogP contribution < -0.4 is 0 Å². The van der Waals surface area contributed by atoms with Crippen LogP contribution in [0.1, 0.15) is 25.7 Å². The van der Waals surface area contributed by atoms with Crippen molar-refractivity contribution in [1.29, 1.82) is 0 Å². The molecule has 0 saturated heterocycles. The predicted octanol–water partition coefficient (Wildman–Crippen LogP) is 3.17. The summed E-state index contributed by atoms with van der Waals surface area (Å²) in [6.45, 7) is 3.94. The van der Waals surface area contributed by atoms with Crippen LogP contribution in [-0.4, -0.2) is 10.1 Å². The molecule has 2 aromatic rings. The molecule has 0 aliphatic carbocycles. The summed E-state index contributed by atoms with van der Waals surface area (Å²) >= 11 is 0. The van der Waals surface area contributed by atoms with Crippen molar-refractivity contribution in [2.45, 2.75) is 19.8 Å². The second-order valence-corrected chi connectivity index (χ2v) is 3.73. The van der Waals surface area contributed by atoms with E-state index in [1.807, 2.05) is 44.2 Å². The third kappa shape index (κ3) is 1.86. The van der Waals surface area contributed by atoms with Crippen molar-refractivity contribution in [3.8, 4) is 17.2 Å². The third-order valence-corrected chi connectivity index (χ3v) is 2.17. The van der Waals surface area contributed by atoms with Crippen molar-refractivity contribution in [2.24, 2.45) is 0 Å². The molecule has 0 amide bonds. The molecule has 0 aliphatic heterocycles. The maximum Gasteiger partial charge on any atom is 0.311 e. The molecule has 2 rings (SSSR count). The van der Waals surface area contributed by atoms with Crippen molar-refractivity contribution in [3.63, 3.8) is 0 Å². The number of aromatic hydroxyl groups is 1. The van der Waals surface area contributed by atoms with Gasteiger partial charge < -0.3 is 9.52 Å². The highest BCUT2D eigenvalue weighted by molar-refractivity contribution is 5.63. The van der Waals surface area contributed by atoms with E-state index in [-0.39, 0.29) is 11.9 Å². The molecular formula is C12H13NO2. The molecule has 0 aliphatic rings. The van der Waals surface area contributed by atoms with E-state index in [4.69, 9.17) is 4.42 Å². The van der Waals surface area contributed by atoms with Gasteiger partial charge in [0.2, 0.25) is 5.89 Å². The fourth-order valence-corrected chi connectivity index (χ4v) is 1.36. The van der Waals surface area contributed by atoms with E-state index in [0.29, 0.717) is 11.6 Å². The third-order valence-electron chi connectivity index (χ3n) is 2.17. The van der Waals surface area contributed by atoms with E-state index in [1.165, 1.54) is 0 Å². The molecule has 0 atom stereocenters. The van der Waals surface area contributed by atoms with Gasteiger partial charge in [0.25, 0.3) is 0 Å². The molecule has 0 unspecified atom stereocenters. The number of hydrogen-bond donors (Lipinski definition) is 1. The maximum absolute atomic E-state index is 9.60. The van der Waals surface area contributed by atoms with Crippen LogP contribution in [0.5, 0.6) is 5.95 Å². The van der Waals surface area contributed by atoms with E-state index in [0.717, 1.165) is 5.56 Å². The number of rotatable bonds is 2. The number of oxazole rings is 1. The Morgan fingerprint density at radius 1 is 1.20 bits per heavy atom. The summed E-state index contributed by atoms with van der Waals surface area (Å²) in [6, 6.07) is 9.50. The van der Waals surface area contributed by atoms with Gasteiger partial charge in [-0.2, -0.15) is 0 Å². The van der Waals surface area contributed by atoms with Gasteiger partial charge in [0.05, 0.1) is 0 Å². The van der Waals surface area contributed by atoms with Gasteiger partial charge >= 0.3 is 5.95 Å². The molecule has 78 valence electrons. The van der Waals surface area contributed by atoms with E-state index in [2.05, 4.69) is 4.98 Å². The Bertz CT molecular complexity index is 446. The summed E-state index contributed by atoms with van der Waals surface area (Å²) in [6.07, 6.45) is 0. The van der Waals surface area contributed by atoms with Crippen LogP contribution in [0.15, 0.2) is 34.7 Å². The lowest BCUT2D eigenvalue weighted by molar-refractivity contribution is 0.313. The van der Waals surface area contributed by atoms with E-state index in [1.54, 1.807) is 0 Å². The number of benzene rings is 1. The van der Waals surface area contributed by atoms with Crippen LogP contribution in [-0.2, 0) is 0 Å². The highest BCUT2D eigenvalue weighted by atomic mass is 16.5. The van der Waals surface area contributed by atoms with Crippen LogP contribution in [0.25, 0.3) is 11.3 Å². The van der Waals surface area contributed by atoms with Crippen molar-refractivity contribution in [1.82, 2.24) is 4.98 Å². The summed E-state index contributed by atoms with van der Waals surface area (Å²) < 4.78 is 5.17. The first-order valence-corrected chi connectivity index (χ1v) is 4.93. The molecule has 0 spiro atoms. The fourth-order valence-electron chi connectivity index (χ4n) is 1.36. The minimum atomic E-state index is -0.107. The number of nitrogens with zero attached hydrogens (tertiary/aromatic N) is 1. The zero-order valence-electron chi connectivity index (χ0n) is 8.77. The predicted molar refractivity (Wildman–Crippen MR) is 57.7 cm³/mol. The Kier molecular flexibility index (Phi) is 2.46. The maximum atomic E-state index is 9.60. The van der Waals surface area contributed by atoms with Gasteiger partial charge in [0, 0.05) is 11.5 Å². The van der Waals surface area contributed by atoms with E-state index >= 15 is 0 Å². The smallest absolute Gasteiger partial charge is 0.311 e. The zero-order valence-corrected chi connectivity index (χ0v) is 8.77. The Morgan fingerprint density at radius 3 is 2.40 bits per heavy atom. The second kappa shape index (κ2) is 3.77. The van der Waals surface area contributed by atoms with Crippen molar-refractivity contribution in [2.75, 3.05) is 0 Å². The summed E-state index contributed by atoms with van der Waals surface area (Å²) in [5, 5.41) is 9.60. The van der Waals surface area contributed by atoms with Crippen LogP contribution in [0.3, 0.4) is 0 Å². The summed E-state index contributed by atoms with van der Waals surface area (Å²) in [5.41, 5.74) is 1.38. The first kappa shape index (κ1) is 9.77. The molecule has 1 aromatic heterocycles. The molecule has 15 heavy (non-hydrogen) atoms. The normalized spacial score (nSPS) is 10.9. The SMILES string of the molecule is CC(C)c1nc(-c2ccccc2)c(O)o1. The topological polar surface area (TPSA) is 46.3 Å². The lowest BCUT2D eigenvalue weighted by atomic mass is 10.2. The van der Waals surface area contributed by atoms with Gasteiger partial charge in [0.15, 0.2) is 5.69 Å². The van der Waals surface area contributed by atoms with Crippen molar-refractivity contribution < 1.29 is 9.52 Å². The monoisotopic (exact) mass is 203 g/mol. The Morgan fingerprint density at radius 2 is 1.87 bits per heavy atom. The molecule has 3 nitrogen and oxygen atoms in total.